The molecule has 1 atom stereocenters. The van der Waals surface area contributed by atoms with Gasteiger partial charge in [0.15, 0.2) is 0 Å². The van der Waals surface area contributed by atoms with Gasteiger partial charge in [-0.25, -0.2) is 0 Å². The molecule has 1 unspecified atom stereocenters. The third kappa shape index (κ3) is 1.82. The maximum absolute atomic E-state index is 5.51. The molecule has 0 aliphatic carbocycles. The van der Waals surface area contributed by atoms with Gasteiger partial charge in [0.05, 0.1) is 6.10 Å². The molecule has 0 bridgehead atoms. The molecule has 0 spiro atoms. The van der Waals surface area contributed by atoms with Crippen molar-refractivity contribution in [1.29, 1.82) is 0 Å². The van der Waals surface area contributed by atoms with Gasteiger partial charge in [0.25, 0.3) is 0 Å². The minimum absolute atomic E-state index is 0.531. The van der Waals surface area contributed by atoms with Crippen LogP contribution in [0.5, 0.6) is 0 Å². The summed E-state index contributed by atoms with van der Waals surface area (Å²) in [6, 6.07) is 0. The van der Waals surface area contributed by atoms with Crippen LogP contribution in [0.2, 0.25) is 0 Å². The fourth-order valence-electron chi connectivity index (χ4n) is 1.54. The van der Waals surface area contributed by atoms with Gasteiger partial charge in [-0.05, 0) is 24.8 Å². The predicted octanol–water partition coefficient (Wildman–Crippen LogP) is 1.09. The van der Waals surface area contributed by atoms with Crippen LogP contribution in [0.25, 0.3) is 0 Å². The van der Waals surface area contributed by atoms with Crippen LogP contribution in [0.15, 0.2) is 11.6 Å². The number of nitrogens with one attached hydrogen (secondary N) is 1. The molecule has 2 heterocycles. The molecule has 0 aromatic rings. The molecule has 2 rings (SSSR count). The monoisotopic (exact) mass is 153 g/mol. The third-order valence-electron chi connectivity index (χ3n) is 2.40. The molecule has 1 N–H and O–H groups in total. The molecule has 62 valence electrons. The van der Waals surface area contributed by atoms with Crippen molar-refractivity contribution in [1.82, 2.24) is 5.32 Å². The Kier molecular flexibility index (Phi) is 2.24. The van der Waals surface area contributed by atoms with Crippen molar-refractivity contribution in [3.63, 3.8) is 0 Å². The summed E-state index contributed by atoms with van der Waals surface area (Å²) in [4.78, 5) is 0. The molecule has 2 nitrogen and oxygen atoms in total. The molecule has 2 fully saturated rings. The highest BCUT2D eigenvalue weighted by atomic mass is 16.5. The molecule has 0 radical (unpaired) electrons. The molecular weight excluding hydrogens is 138 g/mol. The average Bonchev–Trinajstić information content (AvgIpc) is 2.36. The summed E-state index contributed by atoms with van der Waals surface area (Å²) >= 11 is 0. The van der Waals surface area contributed by atoms with Crippen LogP contribution in [0.1, 0.15) is 19.3 Å². The standard InChI is InChI=1S/C9H15NO/c1-2-9(11-5-1)4-3-8-6-10-7-8/h3,9-10H,1-2,4-7H2. The van der Waals surface area contributed by atoms with E-state index in [1.165, 1.54) is 12.8 Å². The van der Waals surface area contributed by atoms with E-state index in [0.29, 0.717) is 6.10 Å². The van der Waals surface area contributed by atoms with E-state index in [9.17, 15) is 0 Å². The molecule has 0 aromatic heterocycles. The van der Waals surface area contributed by atoms with Crippen LogP contribution in [-0.2, 0) is 4.74 Å². The molecule has 0 saturated carbocycles. The molecule has 2 saturated heterocycles. The van der Waals surface area contributed by atoms with E-state index in [0.717, 1.165) is 26.1 Å². The average molecular weight is 153 g/mol. The van der Waals surface area contributed by atoms with Gasteiger partial charge in [0.2, 0.25) is 0 Å². The van der Waals surface area contributed by atoms with Crippen molar-refractivity contribution >= 4 is 0 Å². The number of ether oxygens (including phenoxy) is 1. The highest BCUT2D eigenvalue weighted by Crippen LogP contribution is 2.16. The highest BCUT2D eigenvalue weighted by Gasteiger charge is 2.14. The summed E-state index contributed by atoms with van der Waals surface area (Å²) in [7, 11) is 0. The van der Waals surface area contributed by atoms with Gasteiger partial charge >= 0.3 is 0 Å². The number of hydrogen-bond donors (Lipinski definition) is 1. The Balaban J connectivity index is 1.72. The minimum Gasteiger partial charge on any atom is -0.378 e. The topological polar surface area (TPSA) is 21.3 Å². The highest BCUT2D eigenvalue weighted by molar-refractivity contribution is 5.14. The van der Waals surface area contributed by atoms with Gasteiger partial charge in [0, 0.05) is 19.7 Å². The first kappa shape index (κ1) is 7.32. The second-order valence-corrected chi connectivity index (χ2v) is 3.34. The maximum Gasteiger partial charge on any atom is 0.0610 e. The van der Waals surface area contributed by atoms with Crippen LogP contribution in [-0.4, -0.2) is 25.8 Å². The lowest BCUT2D eigenvalue weighted by molar-refractivity contribution is 0.113. The molecule has 2 aliphatic rings. The van der Waals surface area contributed by atoms with Crippen LogP contribution < -0.4 is 5.32 Å². The van der Waals surface area contributed by atoms with Crippen LogP contribution in [0.4, 0.5) is 0 Å². The zero-order valence-corrected chi connectivity index (χ0v) is 6.81. The second kappa shape index (κ2) is 3.37. The fourth-order valence-corrected chi connectivity index (χ4v) is 1.54. The summed E-state index contributed by atoms with van der Waals surface area (Å²) in [5.41, 5.74) is 1.56. The predicted molar refractivity (Wildman–Crippen MR) is 44.5 cm³/mol. The van der Waals surface area contributed by atoms with Gasteiger partial charge in [0.1, 0.15) is 0 Å². The smallest absolute Gasteiger partial charge is 0.0610 e. The Hall–Kier alpha value is -0.340. The van der Waals surface area contributed by atoms with Gasteiger partial charge in [-0.1, -0.05) is 6.08 Å². The molecule has 0 aromatic carbocycles. The Morgan fingerprint density at radius 3 is 3.00 bits per heavy atom. The first-order valence-electron chi connectivity index (χ1n) is 4.45. The molecule has 11 heavy (non-hydrogen) atoms. The van der Waals surface area contributed by atoms with E-state index >= 15 is 0 Å². The SMILES string of the molecule is C(CC1CCCO1)=C1CNC1. The van der Waals surface area contributed by atoms with E-state index in [2.05, 4.69) is 11.4 Å². The maximum atomic E-state index is 5.51. The Bertz CT molecular complexity index is 153. The molecule has 2 heteroatoms. The van der Waals surface area contributed by atoms with Crippen molar-refractivity contribution in [2.45, 2.75) is 25.4 Å². The van der Waals surface area contributed by atoms with Gasteiger partial charge in [-0.3, -0.25) is 0 Å². The van der Waals surface area contributed by atoms with Gasteiger partial charge in [-0.2, -0.15) is 0 Å². The quantitative estimate of drug-likeness (QED) is 0.599. The minimum atomic E-state index is 0.531. The molecular formula is C9H15NO. The lowest BCUT2D eigenvalue weighted by atomic mass is 10.1. The van der Waals surface area contributed by atoms with E-state index in [-0.39, 0.29) is 0 Å². The Morgan fingerprint density at radius 1 is 1.55 bits per heavy atom. The van der Waals surface area contributed by atoms with Gasteiger partial charge in [-0.15, -0.1) is 0 Å². The van der Waals surface area contributed by atoms with E-state index in [1.54, 1.807) is 5.57 Å². The van der Waals surface area contributed by atoms with Crippen LogP contribution in [0.3, 0.4) is 0 Å². The first-order valence-corrected chi connectivity index (χ1v) is 4.45. The summed E-state index contributed by atoms with van der Waals surface area (Å²) < 4.78 is 5.51. The van der Waals surface area contributed by atoms with E-state index < -0.39 is 0 Å². The van der Waals surface area contributed by atoms with Crippen molar-refractivity contribution < 1.29 is 4.74 Å². The normalized spacial score (nSPS) is 30.2. The van der Waals surface area contributed by atoms with Gasteiger partial charge < -0.3 is 10.1 Å². The third-order valence-corrected chi connectivity index (χ3v) is 2.40. The summed E-state index contributed by atoms with van der Waals surface area (Å²) in [6.07, 6.45) is 6.52. The molecule has 2 aliphatic heterocycles. The summed E-state index contributed by atoms with van der Waals surface area (Å²) in [5.74, 6) is 0. The van der Waals surface area contributed by atoms with Crippen LogP contribution >= 0.6 is 0 Å². The fraction of sp³-hybridized carbons (Fsp3) is 0.778. The number of hydrogen-bond acceptors (Lipinski definition) is 2. The van der Waals surface area contributed by atoms with Crippen molar-refractivity contribution in [3.05, 3.63) is 11.6 Å². The number of rotatable bonds is 2. The lowest BCUT2D eigenvalue weighted by Crippen LogP contribution is -2.33. The largest absolute Gasteiger partial charge is 0.378 e. The van der Waals surface area contributed by atoms with E-state index in [1.807, 2.05) is 0 Å². The first-order chi connectivity index (χ1) is 5.45. The zero-order chi connectivity index (χ0) is 7.52. The summed E-state index contributed by atoms with van der Waals surface area (Å²) in [5, 5.41) is 3.23. The van der Waals surface area contributed by atoms with E-state index in [4.69, 9.17) is 4.74 Å². The lowest BCUT2D eigenvalue weighted by Gasteiger charge is -2.19. The summed E-state index contributed by atoms with van der Waals surface area (Å²) in [6.45, 7) is 3.19. The van der Waals surface area contributed by atoms with Crippen molar-refractivity contribution in [3.8, 4) is 0 Å². The Morgan fingerprint density at radius 2 is 2.45 bits per heavy atom. The van der Waals surface area contributed by atoms with Crippen molar-refractivity contribution in [2.24, 2.45) is 0 Å². The van der Waals surface area contributed by atoms with Crippen LogP contribution in [0, 0.1) is 0 Å². The molecule has 0 amide bonds. The zero-order valence-electron chi connectivity index (χ0n) is 6.81. The van der Waals surface area contributed by atoms with Crippen molar-refractivity contribution in [2.75, 3.05) is 19.7 Å². The Labute approximate surface area is 67.6 Å². The second-order valence-electron chi connectivity index (χ2n) is 3.34.